The van der Waals surface area contributed by atoms with E-state index in [4.69, 9.17) is 4.74 Å². The van der Waals surface area contributed by atoms with Crippen LogP contribution < -0.4 is 10.1 Å². The molecule has 1 aromatic heterocycles. The van der Waals surface area contributed by atoms with E-state index in [0.717, 1.165) is 17.3 Å². The third-order valence-corrected chi connectivity index (χ3v) is 2.01. The van der Waals surface area contributed by atoms with Crippen LogP contribution in [0.3, 0.4) is 0 Å². The normalized spacial score (nSPS) is 9.67. The summed E-state index contributed by atoms with van der Waals surface area (Å²) in [5.74, 6) is 1.57. The molecule has 76 valence electrons. The monoisotopic (exact) mass is 200 g/mol. The van der Waals surface area contributed by atoms with Gasteiger partial charge in [0.2, 0.25) is 0 Å². The van der Waals surface area contributed by atoms with E-state index in [2.05, 4.69) is 10.3 Å². The SMILES string of the molecule is COc1ccnc(Nc2ccccc2)c1. The zero-order valence-electron chi connectivity index (χ0n) is 8.47. The lowest BCUT2D eigenvalue weighted by Gasteiger charge is -2.06. The minimum absolute atomic E-state index is 0.778. The number of ether oxygens (including phenoxy) is 1. The van der Waals surface area contributed by atoms with Crippen LogP contribution in [-0.4, -0.2) is 12.1 Å². The van der Waals surface area contributed by atoms with Crippen molar-refractivity contribution in [1.82, 2.24) is 4.98 Å². The summed E-state index contributed by atoms with van der Waals surface area (Å²) < 4.78 is 5.11. The summed E-state index contributed by atoms with van der Waals surface area (Å²) in [6.07, 6.45) is 1.71. The minimum Gasteiger partial charge on any atom is -0.497 e. The van der Waals surface area contributed by atoms with Crippen molar-refractivity contribution in [3.63, 3.8) is 0 Å². The van der Waals surface area contributed by atoms with Crippen LogP contribution in [0, 0.1) is 0 Å². The maximum absolute atomic E-state index is 5.11. The second-order valence-electron chi connectivity index (χ2n) is 3.07. The highest BCUT2D eigenvalue weighted by molar-refractivity contribution is 5.56. The maximum Gasteiger partial charge on any atom is 0.133 e. The zero-order valence-corrected chi connectivity index (χ0v) is 8.47. The highest BCUT2D eigenvalue weighted by atomic mass is 16.5. The number of para-hydroxylation sites is 1. The van der Waals surface area contributed by atoms with Crippen LogP contribution in [0.2, 0.25) is 0 Å². The van der Waals surface area contributed by atoms with Crippen LogP contribution in [0.1, 0.15) is 0 Å². The molecule has 0 radical (unpaired) electrons. The third kappa shape index (κ3) is 2.47. The smallest absolute Gasteiger partial charge is 0.133 e. The summed E-state index contributed by atoms with van der Waals surface area (Å²) in [6.45, 7) is 0. The largest absolute Gasteiger partial charge is 0.497 e. The molecule has 15 heavy (non-hydrogen) atoms. The number of nitrogens with zero attached hydrogens (tertiary/aromatic N) is 1. The van der Waals surface area contributed by atoms with Gasteiger partial charge in [0.25, 0.3) is 0 Å². The lowest BCUT2D eigenvalue weighted by atomic mass is 10.3. The highest BCUT2D eigenvalue weighted by Crippen LogP contribution is 2.18. The van der Waals surface area contributed by atoms with Gasteiger partial charge in [-0.3, -0.25) is 0 Å². The summed E-state index contributed by atoms with van der Waals surface area (Å²) in [5.41, 5.74) is 1.01. The predicted molar refractivity (Wildman–Crippen MR) is 60.5 cm³/mol. The van der Waals surface area contributed by atoms with Crippen molar-refractivity contribution in [3.8, 4) is 5.75 Å². The average Bonchev–Trinajstić information content (AvgIpc) is 2.31. The first-order chi connectivity index (χ1) is 7.38. The molecule has 0 fully saturated rings. The standard InChI is InChI=1S/C12H12N2O/c1-15-11-7-8-13-12(9-11)14-10-5-3-2-4-6-10/h2-9H,1H3,(H,13,14). The lowest BCUT2D eigenvalue weighted by Crippen LogP contribution is -1.93. The van der Waals surface area contributed by atoms with Gasteiger partial charge >= 0.3 is 0 Å². The van der Waals surface area contributed by atoms with Crippen molar-refractivity contribution < 1.29 is 4.74 Å². The number of pyridine rings is 1. The van der Waals surface area contributed by atoms with Crippen molar-refractivity contribution in [1.29, 1.82) is 0 Å². The number of methoxy groups -OCH3 is 1. The van der Waals surface area contributed by atoms with Gasteiger partial charge in [-0.15, -0.1) is 0 Å². The molecule has 2 rings (SSSR count). The summed E-state index contributed by atoms with van der Waals surface area (Å²) in [7, 11) is 1.64. The van der Waals surface area contributed by atoms with Crippen molar-refractivity contribution in [2.45, 2.75) is 0 Å². The van der Waals surface area contributed by atoms with Crippen molar-refractivity contribution in [2.75, 3.05) is 12.4 Å². The first-order valence-corrected chi connectivity index (χ1v) is 4.70. The lowest BCUT2D eigenvalue weighted by molar-refractivity contribution is 0.414. The molecule has 0 bridgehead atoms. The molecule has 0 aliphatic heterocycles. The Morgan fingerprint density at radius 3 is 2.67 bits per heavy atom. The van der Waals surface area contributed by atoms with Crippen molar-refractivity contribution in [3.05, 3.63) is 48.7 Å². The van der Waals surface area contributed by atoms with E-state index in [-0.39, 0.29) is 0 Å². The number of rotatable bonds is 3. The van der Waals surface area contributed by atoms with Gasteiger partial charge in [-0.2, -0.15) is 0 Å². The quantitative estimate of drug-likeness (QED) is 0.827. The van der Waals surface area contributed by atoms with E-state index in [9.17, 15) is 0 Å². The Morgan fingerprint density at radius 1 is 1.13 bits per heavy atom. The van der Waals surface area contributed by atoms with Gasteiger partial charge in [-0.1, -0.05) is 18.2 Å². The molecule has 0 atom stereocenters. The van der Waals surface area contributed by atoms with Gasteiger partial charge in [0.05, 0.1) is 7.11 Å². The predicted octanol–water partition coefficient (Wildman–Crippen LogP) is 2.83. The molecule has 1 aromatic carbocycles. The Balaban J connectivity index is 2.17. The fourth-order valence-corrected chi connectivity index (χ4v) is 1.28. The van der Waals surface area contributed by atoms with Crippen LogP contribution in [0.15, 0.2) is 48.7 Å². The molecule has 2 aromatic rings. The van der Waals surface area contributed by atoms with Crippen molar-refractivity contribution in [2.24, 2.45) is 0 Å². The molecule has 0 saturated heterocycles. The molecule has 1 heterocycles. The topological polar surface area (TPSA) is 34.1 Å². The summed E-state index contributed by atoms with van der Waals surface area (Å²) in [4.78, 5) is 4.19. The molecule has 0 unspecified atom stereocenters. The molecule has 0 aliphatic carbocycles. The fourth-order valence-electron chi connectivity index (χ4n) is 1.28. The molecular weight excluding hydrogens is 188 g/mol. The fraction of sp³-hybridized carbons (Fsp3) is 0.0833. The Morgan fingerprint density at radius 2 is 1.93 bits per heavy atom. The van der Waals surface area contributed by atoms with E-state index >= 15 is 0 Å². The summed E-state index contributed by atoms with van der Waals surface area (Å²) >= 11 is 0. The average molecular weight is 200 g/mol. The highest BCUT2D eigenvalue weighted by Gasteiger charge is 1.96. The molecule has 3 nitrogen and oxygen atoms in total. The molecule has 0 spiro atoms. The molecule has 0 saturated carbocycles. The number of hydrogen-bond acceptors (Lipinski definition) is 3. The van der Waals surface area contributed by atoms with Gasteiger partial charge in [-0.05, 0) is 18.2 Å². The van der Waals surface area contributed by atoms with Crippen LogP contribution in [0.25, 0.3) is 0 Å². The first-order valence-electron chi connectivity index (χ1n) is 4.70. The third-order valence-electron chi connectivity index (χ3n) is 2.01. The van der Waals surface area contributed by atoms with E-state index in [1.54, 1.807) is 13.3 Å². The second kappa shape index (κ2) is 4.46. The summed E-state index contributed by atoms with van der Waals surface area (Å²) in [5, 5.41) is 3.19. The Hall–Kier alpha value is -2.03. The number of benzene rings is 1. The zero-order chi connectivity index (χ0) is 10.5. The number of anilines is 2. The second-order valence-corrected chi connectivity index (χ2v) is 3.07. The van der Waals surface area contributed by atoms with Gasteiger partial charge in [0.15, 0.2) is 0 Å². The van der Waals surface area contributed by atoms with E-state index in [1.165, 1.54) is 0 Å². The first kappa shape index (κ1) is 9.52. The van der Waals surface area contributed by atoms with E-state index < -0.39 is 0 Å². The number of aromatic nitrogens is 1. The molecule has 0 amide bonds. The van der Waals surface area contributed by atoms with Crippen molar-refractivity contribution >= 4 is 11.5 Å². The molecule has 0 aliphatic rings. The number of nitrogens with one attached hydrogen (secondary N) is 1. The Kier molecular flexibility index (Phi) is 2.83. The molecule has 1 N–H and O–H groups in total. The van der Waals surface area contributed by atoms with E-state index in [0.29, 0.717) is 0 Å². The van der Waals surface area contributed by atoms with Gasteiger partial charge in [-0.25, -0.2) is 4.98 Å². The van der Waals surface area contributed by atoms with Gasteiger partial charge in [0.1, 0.15) is 11.6 Å². The van der Waals surface area contributed by atoms with Crippen LogP contribution in [0.4, 0.5) is 11.5 Å². The number of hydrogen-bond donors (Lipinski definition) is 1. The van der Waals surface area contributed by atoms with Crippen LogP contribution >= 0.6 is 0 Å². The Labute approximate surface area is 88.7 Å². The minimum atomic E-state index is 0.778. The molecule has 3 heteroatoms. The Bertz CT molecular complexity index is 429. The van der Waals surface area contributed by atoms with Gasteiger partial charge < -0.3 is 10.1 Å². The van der Waals surface area contributed by atoms with Crippen LogP contribution in [0.5, 0.6) is 5.75 Å². The summed E-state index contributed by atoms with van der Waals surface area (Å²) in [6, 6.07) is 13.6. The van der Waals surface area contributed by atoms with Crippen LogP contribution in [-0.2, 0) is 0 Å². The van der Waals surface area contributed by atoms with E-state index in [1.807, 2.05) is 42.5 Å². The maximum atomic E-state index is 5.11. The van der Waals surface area contributed by atoms with Gasteiger partial charge in [0, 0.05) is 18.0 Å². The molecular formula is C12H12N2O.